The van der Waals surface area contributed by atoms with Crippen LogP contribution in [0.15, 0.2) is 36.7 Å². The molecule has 1 aromatic heterocycles. The van der Waals surface area contributed by atoms with Gasteiger partial charge in [-0.05, 0) is 6.07 Å². The lowest BCUT2D eigenvalue weighted by Gasteiger charge is -2.18. The molecule has 6 nitrogen and oxygen atoms in total. The third-order valence-electron chi connectivity index (χ3n) is 2.98. The van der Waals surface area contributed by atoms with E-state index in [1.165, 1.54) is 10.9 Å². The van der Waals surface area contributed by atoms with Gasteiger partial charge in [0.2, 0.25) is 5.91 Å². The van der Waals surface area contributed by atoms with E-state index in [-0.39, 0.29) is 12.5 Å². The van der Waals surface area contributed by atoms with Crippen LogP contribution in [0, 0.1) is 0 Å². The molecule has 106 valence electrons. The molecule has 0 saturated heterocycles. The number of hydrogen-bond acceptors (Lipinski definition) is 4. The highest BCUT2D eigenvalue weighted by molar-refractivity contribution is 5.75. The van der Waals surface area contributed by atoms with Crippen LogP contribution < -0.4 is 10.5 Å². The summed E-state index contributed by atoms with van der Waals surface area (Å²) in [7, 11) is 3.37. The number of rotatable bonds is 5. The van der Waals surface area contributed by atoms with Crippen LogP contribution in [0.25, 0.3) is 0 Å². The van der Waals surface area contributed by atoms with Gasteiger partial charge in [-0.1, -0.05) is 18.2 Å². The van der Waals surface area contributed by atoms with E-state index in [9.17, 15) is 4.79 Å². The molecule has 0 spiro atoms. The van der Waals surface area contributed by atoms with Crippen molar-refractivity contribution in [1.82, 2.24) is 14.7 Å². The average Bonchev–Trinajstić information content (AvgIpc) is 2.84. The maximum atomic E-state index is 12.1. The zero-order valence-electron chi connectivity index (χ0n) is 11.6. The average molecular weight is 274 g/mol. The van der Waals surface area contributed by atoms with Crippen molar-refractivity contribution in [2.24, 2.45) is 0 Å². The van der Waals surface area contributed by atoms with Crippen LogP contribution in [-0.4, -0.2) is 34.7 Å². The fourth-order valence-corrected chi connectivity index (χ4v) is 1.90. The number of anilines is 1. The van der Waals surface area contributed by atoms with Crippen molar-refractivity contribution in [1.29, 1.82) is 0 Å². The second kappa shape index (κ2) is 6.10. The van der Waals surface area contributed by atoms with Crippen molar-refractivity contribution in [2.45, 2.75) is 13.1 Å². The number of carbonyl (C=O) groups excluding carboxylic acids is 1. The Kier molecular flexibility index (Phi) is 4.24. The number of nitrogens with zero attached hydrogens (tertiary/aromatic N) is 3. The first-order valence-corrected chi connectivity index (χ1v) is 6.24. The number of amides is 1. The molecule has 0 aliphatic heterocycles. The van der Waals surface area contributed by atoms with E-state index in [0.29, 0.717) is 12.2 Å². The van der Waals surface area contributed by atoms with Gasteiger partial charge in [0.1, 0.15) is 12.3 Å². The molecular formula is C14H18N4O2. The fraction of sp³-hybridized carbons (Fsp3) is 0.286. The molecule has 2 N–H and O–H groups in total. The summed E-state index contributed by atoms with van der Waals surface area (Å²) in [5.41, 5.74) is 7.08. The van der Waals surface area contributed by atoms with Crippen molar-refractivity contribution in [3.63, 3.8) is 0 Å². The number of nitrogens with two attached hydrogens (primary N) is 1. The monoisotopic (exact) mass is 274 g/mol. The van der Waals surface area contributed by atoms with Gasteiger partial charge in [-0.15, -0.1) is 0 Å². The summed E-state index contributed by atoms with van der Waals surface area (Å²) in [5.74, 6) is 0.731. The topological polar surface area (TPSA) is 73.4 Å². The van der Waals surface area contributed by atoms with Gasteiger partial charge in [0.15, 0.2) is 0 Å². The molecule has 0 saturated carbocycles. The summed E-state index contributed by atoms with van der Waals surface area (Å²) in [4.78, 5) is 13.7. The minimum Gasteiger partial charge on any atom is -0.496 e. The van der Waals surface area contributed by atoms with E-state index in [4.69, 9.17) is 10.5 Å². The first-order chi connectivity index (χ1) is 9.60. The molecule has 0 atom stereocenters. The molecule has 0 fully saturated rings. The molecule has 6 heteroatoms. The minimum absolute atomic E-state index is 0.0426. The third kappa shape index (κ3) is 3.28. The summed E-state index contributed by atoms with van der Waals surface area (Å²) in [6, 6.07) is 7.64. The quantitative estimate of drug-likeness (QED) is 0.887. The molecular weight excluding hydrogens is 256 g/mol. The molecule has 2 aromatic rings. The van der Waals surface area contributed by atoms with E-state index in [1.54, 1.807) is 25.3 Å². The molecule has 1 aromatic carbocycles. The van der Waals surface area contributed by atoms with Crippen molar-refractivity contribution in [3.05, 3.63) is 42.2 Å². The Morgan fingerprint density at radius 3 is 2.85 bits per heavy atom. The number of likely N-dealkylation sites (N-methyl/N-ethyl adjacent to an activating group) is 1. The molecule has 0 radical (unpaired) electrons. The predicted octanol–water partition coefficient (Wildman–Crippen LogP) is 1.13. The lowest BCUT2D eigenvalue weighted by atomic mass is 10.2. The first kappa shape index (κ1) is 13.9. The molecule has 20 heavy (non-hydrogen) atoms. The number of benzene rings is 1. The summed E-state index contributed by atoms with van der Waals surface area (Å²) in [5, 5.41) is 4.00. The zero-order valence-corrected chi connectivity index (χ0v) is 11.6. The lowest BCUT2D eigenvalue weighted by molar-refractivity contribution is -0.131. The van der Waals surface area contributed by atoms with Crippen LogP contribution in [0.1, 0.15) is 5.56 Å². The van der Waals surface area contributed by atoms with Gasteiger partial charge in [-0.2, -0.15) is 5.10 Å². The minimum atomic E-state index is -0.0426. The van der Waals surface area contributed by atoms with Crippen molar-refractivity contribution in [2.75, 3.05) is 19.9 Å². The molecule has 0 aliphatic rings. The Morgan fingerprint density at radius 2 is 2.20 bits per heavy atom. The van der Waals surface area contributed by atoms with E-state index in [2.05, 4.69) is 5.10 Å². The van der Waals surface area contributed by atoms with E-state index in [0.717, 1.165) is 11.3 Å². The SMILES string of the molecule is COc1ccccc1CN(C)C(=O)Cn1cc(N)cn1. The van der Waals surface area contributed by atoms with Crippen molar-refractivity contribution in [3.8, 4) is 5.75 Å². The number of methoxy groups -OCH3 is 1. The first-order valence-electron chi connectivity index (χ1n) is 6.24. The van der Waals surface area contributed by atoms with Crippen LogP contribution in [0.4, 0.5) is 5.69 Å². The number of carbonyl (C=O) groups is 1. The van der Waals surface area contributed by atoms with Crippen LogP contribution in [0.2, 0.25) is 0 Å². The number of ether oxygens (including phenoxy) is 1. The van der Waals surface area contributed by atoms with Gasteiger partial charge in [0.05, 0.1) is 19.0 Å². The molecule has 0 aliphatic carbocycles. The number of nitrogen functional groups attached to an aromatic ring is 1. The number of hydrogen-bond donors (Lipinski definition) is 1. The number of aromatic nitrogens is 2. The number of para-hydroxylation sites is 1. The Labute approximate surface area is 117 Å². The van der Waals surface area contributed by atoms with Crippen molar-refractivity contribution < 1.29 is 9.53 Å². The molecule has 1 amide bonds. The van der Waals surface area contributed by atoms with Crippen LogP contribution in [0.5, 0.6) is 5.75 Å². The van der Waals surface area contributed by atoms with Gasteiger partial charge in [0, 0.05) is 25.4 Å². The van der Waals surface area contributed by atoms with Crippen LogP contribution in [-0.2, 0) is 17.9 Å². The molecule has 0 unspecified atom stereocenters. The van der Waals surface area contributed by atoms with Gasteiger partial charge < -0.3 is 15.4 Å². The van der Waals surface area contributed by atoms with Crippen LogP contribution in [0.3, 0.4) is 0 Å². The third-order valence-corrected chi connectivity index (χ3v) is 2.98. The van der Waals surface area contributed by atoms with Gasteiger partial charge in [0.25, 0.3) is 0 Å². The summed E-state index contributed by atoms with van der Waals surface area (Å²) in [6.45, 7) is 0.655. The maximum absolute atomic E-state index is 12.1. The maximum Gasteiger partial charge on any atom is 0.244 e. The van der Waals surface area contributed by atoms with E-state index < -0.39 is 0 Å². The smallest absolute Gasteiger partial charge is 0.244 e. The Balaban J connectivity index is 2.00. The van der Waals surface area contributed by atoms with E-state index >= 15 is 0 Å². The molecule has 2 rings (SSSR count). The Morgan fingerprint density at radius 1 is 1.45 bits per heavy atom. The lowest BCUT2D eigenvalue weighted by Crippen LogP contribution is -2.30. The van der Waals surface area contributed by atoms with Gasteiger partial charge in [-0.25, -0.2) is 0 Å². The molecule has 1 heterocycles. The second-order valence-corrected chi connectivity index (χ2v) is 4.53. The molecule has 0 bridgehead atoms. The summed E-state index contributed by atoms with van der Waals surface area (Å²) in [6.07, 6.45) is 3.16. The van der Waals surface area contributed by atoms with Crippen LogP contribution >= 0.6 is 0 Å². The standard InChI is InChI=1S/C14H18N4O2/c1-17(8-11-5-3-4-6-13(11)20-2)14(19)10-18-9-12(15)7-16-18/h3-7,9H,8,10,15H2,1-2H3. The normalized spacial score (nSPS) is 10.3. The van der Waals surface area contributed by atoms with E-state index in [1.807, 2.05) is 24.3 Å². The highest BCUT2D eigenvalue weighted by Crippen LogP contribution is 2.18. The summed E-state index contributed by atoms with van der Waals surface area (Å²) < 4.78 is 6.80. The highest BCUT2D eigenvalue weighted by Gasteiger charge is 2.12. The van der Waals surface area contributed by atoms with Gasteiger partial charge in [-0.3, -0.25) is 9.48 Å². The zero-order chi connectivity index (χ0) is 14.5. The highest BCUT2D eigenvalue weighted by atomic mass is 16.5. The summed E-state index contributed by atoms with van der Waals surface area (Å²) >= 11 is 0. The second-order valence-electron chi connectivity index (χ2n) is 4.53. The predicted molar refractivity (Wildman–Crippen MR) is 76.1 cm³/mol. The fourth-order valence-electron chi connectivity index (χ4n) is 1.90. The Bertz CT molecular complexity index is 594. The largest absolute Gasteiger partial charge is 0.496 e. The van der Waals surface area contributed by atoms with Gasteiger partial charge >= 0.3 is 0 Å². The van der Waals surface area contributed by atoms with Crippen molar-refractivity contribution >= 4 is 11.6 Å². The Hall–Kier alpha value is -2.50.